The second kappa shape index (κ2) is 5.88. The molecule has 0 spiro atoms. The van der Waals surface area contributed by atoms with E-state index in [-0.39, 0.29) is 17.6 Å². The van der Waals surface area contributed by atoms with Crippen LogP contribution in [-0.4, -0.2) is 17.6 Å². The molecule has 0 atom stereocenters. The Morgan fingerprint density at radius 3 is 2.65 bits per heavy atom. The van der Waals surface area contributed by atoms with Crippen molar-refractivity contribution in [3.8, 4) is 0 Å². The van der Waals surface area contributed by atoms with Gasteiger partial charge in [-0.15, -0.1) is 0 Å². The highest BCUT2D eigenvalue weighted by molar-refractivity contribution is 6.35. The van der Waals surface area contributed by atoms with Crippen LogP contribution < -0.4 is 10.6 Å². The summed E-state index contributed by atoms with van der Waals surface area (Å²) in [6.07, 6.45) is 1.33. The third kappa shape index (κ3) is 3.03. The van der Waals surface area contributed by atoms with E-state index in [1.54, 1.807) is 36.4 Å². The van der Waals surface area contributed by atoms with Gasteiger partial charge in [0.1, 0.15) is 0 Å². The van der Waals surface area contributed by atoms with Crippen molar-refractivity contribution in [1.82, 2.24) is 0 Å². The number of nitrogens with one attached hydrogen (secondary N) is 2. The van der Waals surface area contributed by atoms with E-state index < -0.39 is 0 Å². The number of carbonyl (C=O) groups excluding carboxylic acids is 3. The van der Waals surface area contributed by atoms with Gasteiger partial charge < -0.3 is 10.6 Å². The van der Waals surface area contributed by atoms with E-state index in [1.807, 2.05) is 12.1 Å². The molecule has 0 saturated heterocycles. The maximum absolute atomic E-state index is 12.4. The Kier molecular flexibility index (Phi) is 3.76. The molecule has 3 rings (SSSR count). The van der Waals surface area contributed by atoms with Crippen LogP contribution in [0.15, 0.2) is 54.6 Å². The van der Waals surface area contributed by atoms with Crippen LogP contribution in [0.5, 0.6) is 0 Å². The number of fused-ring (bicyclic) bond motifs is 1. The second-order valence-corrected chi connectivity index (χ2v) is 5.18. The molecule has 5 heteroatoms. The molecule has 1 aliphatic rings. The molecule has 2 N–H and O–H groups in total. The van der Waals surface area contributed by atoms with Crippen molar-refractivity contribution in [1.29, 1.82) is 0 Å². The van der Waals surface area contributed by atoms with Crippen LogP contribution in [0.25, 0.3) is 5.57 Å². The van der Waals surface area contributed by atoms with E-state index in [1.165, 1.54) is 13.0 Å². The van der Waals surface area contributed by atoms with E-state index in [0.29, 0.717) is 28.1 Å². The van der Waals surface area contributed by atoms with Gasteiger partial charge >= 0.3 is 0 Å². The first kappa shape index (κ1) is 14.7. The van der Waals surface area contributed by atoms with Crippen LogP contribution in [0.4, 0.5) is 11.4 Å². The van der Waals surface area contributed by atoms with Gasteiger partial charge in [0.2, 0.25) is 5.91 Å². The summed E-state index contributed by atoms with van der Waals surface area (Å²) >= 11 is 0. The predicted molar refractivity (Wildman–Crippen MR) is 88.1 cm³/mol. The number of rotatable bonds is 3. The average molecular weight is 306 g/mol. The zero-order chi connectivity index (χ0) is 16.4. The molecular weight excluding hydrogens is 292 g/mol. The number of ketones is 1. The number of hydrogen-bond acceptors (Lipinski definition) is 3. The van der Waals surface area contributed by atoms with E-state index in [2.05, 4.69) is 10.6 Å². The summed E-state index contributed by atoms with van der Waals surface area (Å²) in [6, 6.07) is 13.8. The SMILES string of the molecule is CC(=O)Nc1cccc(C(=O)/C=C2/C(=O)Nc3ccccc32)c1. The lowest BCUT2D eigenvalue weighted by atomic mass is 10.0. The summed E-state index contributed by atoms with van der Waals surface area (Å²) in [4.78, 5) is 35.5. The van der Waals surface area contributed by atoms with Gasteiger partial charge in [-0.05, 0) is 24.3 Å². The maximum Gasteiger partial charge on any atom is 0.256 e. The monoisotopic (exact) mass is 306 g/mol. The van der Waals surface area contributed by atoms with Crippen LogP contribution >= 0.6 is 0 Å². The molecule has 1 aliphatic heterocycles. The molecular formula is C18H14N2O3. The summed E-state index contributed by atoms with van der Waals surface area (Å²) < 4.78 is 0. The Balaban J connectivity index is 1.93. The normalized spacial score (nSPS) is 14.3. The van der Waals surface area contributed by atoms with Crippen molar-refractivity contribution in [2.45, 2.75) is 6.92 Å². The molecule has 0 aliphatic carbocycles. The Morgan fingerprint density at radius 2 is 1.87 bits per heavy atom. The molecule has 2 aromatic carbocycles. The quantitative estimate of drug-likeness (QED) is 0.676. The van der Waals surface area contributed by atoms with Crippen molar-refractivity contribution in [2.75, 3.05) is 10.6 Å². The van der Waals surface area contributed by atoms with Crippen molar-refractivity contribution in [3.63, 3.8) is 0 Å². The van der Waals surface area contributed by atoms with E-state index >= 15 is 0 Å². The van der Waals surface area contributed by atoms with Gasteiger partial charge in [0.15, 0.2) is 5.78 Å². The fourth-order valence-electron chi connectivity index (χ4n) is 2.45. The smallest absolute Gasteiger partial charge is 0.256 e. The summed E-state index contributed by atoms with van der Waals surface area (Å²) in [6.45, 7) is 1.40. The number of anilines is 2. The van der Waals surface area contributed by atoms with Crippen molar-refractivity contribution in [3.05, 3.63) is 65.7 Å². The van der Waals surface area contributed by atoms with Crippen LogP contribution in [0, 0.1) is 0 Å². The Morgan fingerprint density at radius 1 is 1.09 bits per heavy atom. The molecule has 2 aromatic rings. The molecule has 0 bridgehead atoms. The van der Waals surface area contributed by atoms with Gasteiger partial charge in [-0.3, -0.25) is 14.4 Å². The van der Waals surface area contributed by atoms with Gasteiger partial charge in [-0.25, -0.2) is 0 Å². The van der Waals surface area contributed by atoms with Crippen molar-refractivity contribution >= 4 is 34.5 Å². The third-order valence-electron chi connectivity index (χ3n) is 3.45. The lowest BCUT2D eigenvalue weighted by Crippen LogP contribution is -2.08. The maximum atomic E-state index is 12.4. The molecule has 0 radical (unpaired) electrons. The van der Waals surface area contributed by atoms with Gasteiger partial charge in [-0.1, -0.05) is 30.3 Å². The van der Waals surface area contributed by atoms with Gasteiger partial charge in [-0.2, -0.15) is 0 Å². The first-order valence-electron chi connectivity index (χ1n) is 7.09. The summed E-state index contributed by atoms with van der Waals surface area (Å²) in [5.74, 6) is -0.798. The standard InChI is InChI=1S/C18H14N2O3/c1-11(21)19-13-6-4-5-12(9-13)17(22)10-15-14-7-2-3-8-16(14)20-18(15)23/h2-10H,1H3,(H,19,21)(H,20,23)/b15-10+. The molecule has 0 unspecified atom stereocenters. The Bertz CT molecular complexity index is 853. The molecule has 23 heavy (non-hydrogen) atoms. The highest BCUT2D eigenvalue weighted by atomic mass is 16.2. The van der Waals surface area contributed by atoms with Gasteiger partial charge in [0, 0.05) is 29.4 Å². The first-order chi connectivity index (χ1) is 11.0. The van der Waals surface area contributed by atoms with E-state index in [0.717, 1.165) is 0 Å². The predicted octanol–water partition coefficient (Wildman–Crippen LogP) is 2.86. The second-order valence-electron chi connectivity index (χ2n) is 5.18. The lowest BCUT2D eigenvalue weighted by molar-refractivity contribution is -0.114. The largest absolute Gasteiger partial charge is 0.326 e. The molecule has 2 amide bonds. The minimum absolute atomic E-state index is 0.211. The van der Waals surface area contributed by atoms with E-state index in [4.69, 9.17) is 0 Å². The summed E-state index contributed by atoms with van der Waals surface area (Å²) in [5, 5.41) is 5.35. The lowest BCUT2D eigenvalue weighted by Gasteiger charge is -2.04. The first-order valence-corrected chi connectivity index (χ1v) is 7.09. The molecule has 0 fully saturated rings. The van der Waals surface area contributed by atoms with Crippen molar-refractivity contribution in [2.24, 2.45) is 0 Å². The molecule has 0 aromatic heterocycles. The number of carbonyl (C=O) groups is 3. The number of benzene rings is 2. The zero-order valence-electron chi connectivity index (χ0n) is 12.4. The van der Waals surface area contributed by atoms with Crippen LogP contribution in [0.3, 0.4) is 0 Å². The zero-order valence-corrected chi connectivity index (χ0v) is 12.4. The van der Waals surface area contributed by atoms with Crippen LogP contribution in [-0.2, 0) is 9.59 Å². The highest BCUT2D eigenvalue weighted by Gasteiger charge is 2.24. The average Bonchev–Trinajstić information content (AvgIpc) is 2.83. The number of allylic oxidation sites excluding steroid dienone is 1. The fraction of sp³-hybridized carbons (Fsp3) is 0.0556. The molecule has 0 saturated carbocycles. The molecule has 114 valence electrons. The minimum atomic E-state index is -0.294. The number of para-hydroxylation sites is 1. The molecule has 1 heterocycles. The van der Waals surface area contributed by atoms with Gasteiger partial charge in [0.25, 0.3) is 5.91 Å². The fourth-order valence-corrected chi connectivity index (χ4v) is 2.45. The Labute approximate surface area is 133 Å². The van der Waals surface area contributed by atoms with Crippen LogP contribution in [0.1, 0.15) is 22.8 Å². The topological polar surface area (TPSA) is 75.3 Å². The Hall–Kier alpha value is -3.21. The summed E-state index contributed by atoms with van der Waals surface area (Å²) in [7, 11) is 0. The highest BCUT2D eigenvalue weighted by Crippen LogP contribution is 2.31. The third-order valence-corrected chi connectivity index (χ3v) is 3.45. The van der Waals surface area contributed by atoms with E-state index in [9.17, 15) is 14.4 Å². The number of hydrogen-bond donors (Lipinski definition) is 2. The van der Waals surface area contributed by atoms with Crippen LogP contribution in [0.2, 0.25) is 0 Å². The molecule has 5 nitrogen and oxygen atoms in total. The van der Waals surface area contributed by atoms with Gasteiger partial charge in [0.05, 0.1) is 5.57 Å². The summed E-state index contributed by atoms with van der Waals surface area (Å²) in [5.41, 5.74) is 2.70. The minimum Gasteiger partial charge on any atom is -0.326 e. The number of amides is 2. The van der Waals surface area contributed by atoms with Crippen molar-refractivity contribution < 1.29 is 14.4 Å².